The highest BCUT2D eigenvalue weighted by Gasteiger charge is 2.20. The van der Waals surface area contributed by atoms with E-state index in [0.29, 0.717) is 17.1 Å². The van der Waals surface area contributed by atoms with Crippen molar-refractivity contribution in [1.82, 2.24) is 4.57 Å². The van der Waals surface area contributed by atoms with Crippen LogP contribution in [0.4, 0.5) is 0 Å². The number of carboxylic acid groups (broad SMARTS) is 1. The number of carbonyl (C=O) groups is 1. The van der Waals surface area contributed by atoms with Crippen LogP contribution in [0.1, 0.15) is 22.3 Å². The molecule has 0 unspecified atom stereocenters. The molecule has 0 amide bonds. The predicted octanol–water partition coefficient (Wildman–Crippen LogP) is 4.63. The van der Waals surface area contributed by atoms with Crippen molar-refractivity contribution in [2.75, 3.05) is 0 Å². The van der Waals surface area contributed by atoms with E-state index in [1.807, 2.05) is 41.0 Å². The minimum atomic E-state index is -0.983. The number of nitrogens with zero attached hydrogens (tertiary/aromatic N) is 1. The van der Waals surface area contributed by atoms with Crippen molar-refractivity contribution < 1.29 is 9.90 Å². The van der Waals surface area contributed by atoms with Crippen molar-refractivity contribution >= 4 is 28.5 Å². The lowest BCUT2D eigenvalue weighted by molar-refractivity contribution is 0.0699. The fourth-order valence-electron chi connectivity index (χ4n) is 2.78. The third-order valence-corrected chi connectivity index (χ3v) is 4.20. The summed E-state index contributed by atoms with van der Waals surface area (Å²) in [6.45, 7) is 0.696. The van der Waals surface area contributed by atoms with Crippen LogP contribution in [0.25, 0.3) is 10.9 Å². The van der Waals surface area contributed by atoms with Crippen LogP contribution in [-0.4, -0.2) is 15.6 Å². The Morgan fingerprint density at radius 2 is 1.73 bits per heavy atom. The molecule has 0 radical (unpaired) electrons. The number of aromatic nitrogens is 1. The summed E-state index contributed by atoms with van der Waals surface area (Å²) in [5.41, 5.74) is 2.34. The molecule has 22 heavy (non-hydrogen) atoms. The molecule has 0 aliphatic carbocycles. The van der Waals surface area contributed by atoms with E-state index in [2.05, 4.69) is 12.1 Å². The van der Waals surface area contributed by atoms with Crippen molar-refractivity contribution in [3.8, 4) is 0 Å². The van der Waals surface area contributed by atoms with Gasteiger partial charge in [-0.15, -0.1) is 0 Å². The number of para-hydroxylation sites is 1. The second-order valence-corrected chi connectivity index (χ2v) is 5.59. The van der Waals surface area contributed by atoms with Crippen LogP contribution in [0.3, 0.4) is 0 Å². The molecule has 0 atom stereocenters. The number of aromatic carboxylic acids is 1. The second kappa shape index (κ2) is 6.24. The van der Waals surface area contributed by atoms with Crippen LogP contribution in [0.5, 0.6) is 0 Å². The molecule has 2 aromatic carbocycles. The van der Waals surface area contributed by atoms with Gasteiger partial charge in [0, 0.05) is 11.9 Å². The van der Waals surface area contributed by atoms with Gasteiger partial charge in [-0.05, 0) is 24.5 Å². The maximum absolute atomic E-state index is 11.4. The van der Waals surface area contributed by atoms with Gasteiger partial charge in [0.1, 0.15) is 10.7 Å². The zero-order valence-electron chi connectivity index (χ0n) is 12.0. The maximum Gasteiger partial charge on any atom is 0.339 e. The number of carboxylic acids is 1. The highest BCUT2D eigenvalue weighted by Crippen LogP contribution is 2.30. The summed E-state index contributed by atoms with van der Waals surface area (Å²) in [4.78, 5) is 11.4. The third-order valence-electron chi connectivity index (χ3n) is 3.81. The van der Waals surface area contributed by atoms with Crippen LogP contribution >= 0.6 is 11.6 Å². The Balaban J connectivity index is 1.87. The Labute approximate surface area is 133 Å². The first kappa shape index (κ1) is 14.7. The second-order valence-electron chi connectivity index (χ2n) is 5.23. The Morgan fingerprint density at radius 3 is 2.45 bits per heavy atom. The highest BCUT2D eigenvalue weighted by molar-refractivity contribution is 6.35. The van der Waals surface area contributed by atoms with E-state index in [-0.39, 0.29) is 5.56 Å². The molecule has 0 aliphatic heterocycles. The lowest BCUT2D eigenvalue weighted by Gasteiger charge is -2.07. The van der Waals surface area contributed by atoms with Crippen LogP contribution in [0, 0.1) is 0 Å². The summed E-state index contributed by atoms with van der Waals surface area (Å²) in [7, 11) is 0. The fraction of sp³-hybridized carbons (Fsp3) is 0.167. The van der Waals surface area contributed by atoms with Gasteiger partial charge in [-0.2, -0.15) is 0 Å². The zero-order chi connectivity index (χ0) is 15.5. The minimum Gasteiger partial charge on any atom is -0.478 e. The van der Waals surface area contributed by atoms with Gasteiger partial charge in [0.25, 0.3) is 0 Å². The molecule has 3 nitrogen and oxygen atoms in total. The SMILES string of the molecule is O=C(O)c1c(Cl)n(CCCc2ccccc2)c2ccccc12. The first-order valence-electron chi connectivity index (χ1n) is 7.22. The van der Waals surface area contributed by atoms with E-state index in [9.17, 15) is 9.90 Å². The topological polar surface area (TPSA) is 42.2 Å². The van der Waals surface area contributed by atoms with Gasteiger partial charge in [-0.25, -0.2) is 4.79 Å². The molecule has 1 aromatic heterocycles. The van der Waals surface area contributed by atoms with Crippen LogP contribution in [0.2, 0.25) is 5.15 Å². The number of hydrogen-bond donors (Lipinski definition) is 1. The first-order valence-corrected chi connectivity index (χ1v) is 7.60. The minimum absolute atomic E-state index is 0.192. The normalized spacial score (nSPS) is 11.0. The van der Waals surface area contributed by atoms with Crippen molar-refractivity contribution in [2.24, 2.45) is 0 Å². The van der Waals surface area contributed by atoms with Gasteiger partial charge in [-0.3, -0.25) is 0 Å². The fourth-order valence-corrected chi connectivity index (χ4v) is 3.14. The number of fused-ring (bicyclic) bond motifs is 1. The molecule has 4 heteroatoms. The lowest BCUT2D eigenvalue weighted by Crippen LogP contribution is -2.01. The standard InChI is InChI=1S/C18H16ClNO2/c19-17-16(18(21)22)14-10-4-5-11-15(14)20(17)12-6-9-13-7-2-1-3-8-13/h1-5,7-8,10-11H,6,9,12H2,(H,21,22). The Morgan fingerprint density at radius 1 is 1.05 bits per heavy atom. The number of hydrogen-bond acceptors (Lipinski definition) is 1. The number of halogens is 1. The highest BCUT2D eigenvalue weighted by atomic mass is 35.5. The molecule has 3 rings (SSSR count). The molecule has 0 fully saturated rings. The summed E-state index contributed by atoms with van der Waals surface area (Å²) in [6.07, 6.45) is 1.84. The van der Waals surface area contributed by atoms with E-state index in [1.165, 1.54) is 5.56 Å². The average Bonchev–Trinajstić information content (AvgIpc) is 2.81. The summed E-state index contributed by atoms with van der Waals surface area (Å²) >= 11 is 6.31. The number of benzene rings is 2. The smallest absolute Gasteiger partial charge is 0.339 e. The predicted molar refractivity (Wildman–Crippen MR) is 88.7 cm³/mol. The molecule has 1 heterocycles. The average molecular weight is 314 g/mol. The molecule has 0 saturated carbocycles. The summed E-state index contributed by atoms with van der Waals surface area (Å²) in [5, 5.41) is 10.4. The molecular weight excluding hydrogens is 298 g/mol. The summed E-state index contributed by atoms with van der Waals surface area (Å²) in [5.74, 6) is -0.983. The molecule has 112 valence electrons. The molecule has 0 aliphatic rings. The summed E-state index contributed by atoms with van der Waals surface area (Å²) in [6, 6.07) is 17.7. The summed E-state index contributed by atoms with van der Waals surface area (Å²) < 4.78 is 1.89. The first-order chi connectivity index (χ1) is 10.7. The van der Waals surface area contributed by atoms with E-state index >= 15 is 0 Å². The van der Waals surface area contributed by atoms with Crippen LogP contribution in [-0.2, 0) is 13.0 Å². The Bertz CT molecular complexity index is 809. The molecule has 0 bridgehead atoms. The van der Waals surface area contributed by atoms with Crippen molar-refractivity contribution in [3.05, 3.63) is 70.9 Å². The molecule has 0 saturated heterocycles. The maximum atomic E-state index is 11.4. The van der Waals surface area contributed by atoms with Gasteiger partial charge in [-0.1, -0.05) is 60.1 Å². The monoisotopic (exact) mass is 313 g/mol. The third kappa shape index (κ3) is 2.72. The Hall–Kier alpha value is -2.26. The molecule has 3 aromatic rings. The van der Waals surface area contributed by atoms with E-state index in [4.69, 9.17) is 11.6 Å². The van der Waals surface area contributed by atoms with Gasteiger partial charge in [0.05, 0.1) is 5.52 Å². The zero-order valence-corrected chi connectivity index (χ0v) is 12.8. The quantitative estimate of drug-likeness (QED) is 0.746. The van der Waals surface area contributed by atoms with Crippen molar-refractivity contribution in [1.29, 1.82) is 0 Å². The van der Waals surface area contributed by atoms with E-state index < -0.39 is 5.97 Å². The van der Waals surface area contributed by atoms with Crippen molar-refractivity contribution in [3.63, 3.8) is 0 Å². The molecule has 1 N–H and O–H groups in total. The van der Waals surface area contributed by atoms with Crippen molar-refractivity contribution in [2.45, 2.75) is 19.4 Å². The van der Waals surface area contributed by atoms with E-state index in [0.717, 1.165) is 18.4 Å². The molecule has 0 spiro atoms. The van der Waals surface area contributed by atoms with Gasteiger partial charge < -0.3 is 9.67 Å². The van der Waals surface area contributed by atoms with Gasteiger partial charge >= 0.3 is 5.97 Å². The van der Waals surface area contributed by atoms with Gasteiger partial charge in [0.2, 0.25) is 0 Å². The molecular formula is C18H16ClNO2. The Kier molecular flexibility index (Phi) is 4.16. The van der Waals surface area contributed by atoms with Crippen LogP contribution in [0.15, 0.2) is 54.6 Å². The van der Waals surface area contributed by atoms with Crippen LogP contribution < -0.4 is 0 Å². The largest absolute Gasteiger partial charge is 0.478 e. The lowest BCUT2D eigenvalue weighted by atomic mass is 10.1. The number of aryl methyl sites for hydroxylation is 2. The number of rotatable bonds is 5. The van der Waals surface area contributed by atoms with Gasteiger partial charge in [0.15, 0.2) is 0 Å². The van der Waals surface area contributed by atoms with E-state index in [1.54, 1.807) is 6.07 Å².